The molecule has 2 aliphatic heterocycles. The molecule has 100 valence electrons. The number of carbonyl (C=O) groups excluding carboxylic acids is 2. The third-order valence-corrected chi connectivity index (χ3v) is 4.11. The summed E-state index contributed by atoms with van der Waals surface area (Å²) in [6.45, 7) is 1.06. The standard InChI is InChI=1S/C14H15ClN2O2/c15-8-10-3-5-11(6-4-10)9-17-13(18)12-2-1-7-16(12)14(17)19/h3-6,12H,1-2,7-9H2/t12-/m1/s1. The van der Waals surface area contributed by atoms with E-state index in [2.05, 4.69) is 0 Å². The largest absolute Gasteiger partial charge is 0.327 e. The maximum Gasteiger partial charge on any atom is 0.327 e. The molecule has 0 N–H and O–H groups in total. The molecule has 0 aliphatic carbocycles. The quantitative estimate of drug-likeness (QED) is 0.629. The van der Waals surface area contributed by atoms with E-state index >= 15 is 0 Å². The van der Waals surface area contributed by atoms with Crippen LogP contribution in [0, 0.1) is 0 Å². The molecule has 5 heteroatoms. The molecule has 1 aromatic rings. The number of hydrogen-bond acceptors (Lipinski definition) is 2. The molecule has 2 heterocycles. The van der Waals surface area contributed by atoms with Crippen molar-refractivity contribution in [2.24, 2.45) is 0 Å². The summed E-state index contributed by atoms with van der Waals surface area (Å²) >= 11 is 5.74. The Balaban J connectivity index is 1.76. The van der Waals surface area contributed by atoms with Crippen molar-refractivity contribution in [3.63, 3.8) is 0 Å². The van der Waals surface area contributed by atoms with Gasteiger partial charge in [0.2, 0.25) is 0 Å². The second-order valence-corrected chi connectivity index (χ2v) is 5.28. The number of amides is 3. The molecule has 1 aromatic carbocycles. The van der Waals surface area contributed by atoms with Gasteiger partial charge in [-0.1, -0.05) is 24.3 Å². The Morgan fingerprint density at radius 1 is 1.16 bits per heavy atom. The summed E-state index contributed by atoms with van der Waals surface area (Å²) in [5.74, 6) is 0.418. The van der Waals surface area contributed by atoms with Gasteiger partial charge in [-0.15, -0.1) is 11.6 Å². The van der Waals surface area contributed by atoms with Crippen molar-refractivity contribution < 1.29 is 9.59 Å². The van der Waals surface area contributed by atoms with E-state index in [0.717, 1.165) is 24.0 Å². The minimum absolute atomic E-state index is 0.0519. The first kappa shape index (κ1) is 12.5. The number of carbonyl (C=O) groups is 2. The topological polar surface area (TPSA) is 40.6 Å². The van der Waals surface area contributed by atoms with Crippen molar-refractivity contribution in [2.75, 3.05) is 6.54 Å². The van der Waals surface area contributed by atoms with E-state index < -0.39 is 0 Å². The highest BCUT2D eigenvalue weighted by atomic mass is 35.5. The lowest BCUT2D eigenvalue weighted by atomic mass is 10.1. The lowest BCUT2D eigenvalue weighted by molar-refractivity contribution is -0.128. The highest BCUT2D eigenvalue weighted by Crippen LogP contribution is 2.28. The minimum Gasteiger partial charge on any atom is -0.312 e. The number of urea groups is 1. The maximum absolute atomic E-state index is 12.2. The van der Waals surface area contributed by atoms with Gasteiger partial charge in [0.25, 0.3) is 5.91 Å². The van der Waals surface area contributed by atoms with E-state index in [1.54, 1.807) is 4.90 Å². The van der Waals surface area contributed by atoms with Gasteiger partial charge in [0.15, 0.2) is 0 Å². The zero-order valence-corrected chi connectivity index (χ0v) is 11.3. The van der Waals surface area contributed by atoms with Gasteiger partial charge in [-0.05, 0) is 24.0 Å². The zero-order chi connectivity index (χ0) is 13.4. The lowest BCUT2D eigenvalue weighted by Gasteiger charge is -2.15. The van der Waals surface area contributed by atoms with Crippen molar-refractivity contribution in [1.82, 2.24) is 9.80 Å². The monoisotopic (exact) mass is 278 g/mol. The molecule has 0 bridgehead atoms. The van der Waals surface area contributed by atoms with Crippen LogP contribution in [-0.2, 0) is 17.2 Å². The summed E-state index contributed by atoms with van der Waals surface area (Å²) in [6, 6.07) is 7.33. The number of benzene rings is 1. The van der Waals surface area contributed by atoms with Crippen LogP contribution in [0.2, 0.25) is 0 Å². The number of halogens is 1. The Bertz CT molecular complexity index is 493. The van der Waals surface area contributed by atoms with E-state index in [0.29, 0.717) is 19.0 Å². The average molecular weight is 279 g/mol. The van der Waals surface area contributed by atoms with Gasteiger partial charge < -0.3 is 4.90 Å². The molecule has 0 spiro atoms. The van der Waals surface area contributed by atoms with Gasteiger partial charge in [0.1, 0.15) is 6.04 Å². The Kier molecular flexibility index (Phi) is 3.19. The van der Waals surface area contributed by atoms with Crippen LogP contribution in [0.15, 0.2) is 24.3 Å². The highest BCUT2D eigenvalue weighted by Gasteiger charge is 2.46. The van der Waals surface area contributed by atoms with Crippen LogP contribution in [0.4, 0.5) is 4.79 Å². The van der Waals surface area contributed by atoms with E-state index in [1.807, 2.05) is 24.3 Å². The normalized spacial score (nSPS) is 22.3. The number of rotatable bonds is 3. The number of alkyl halides is 1. The Morgan fingerprint density at radius 3 is 2.47 bits per heavy atom. The molecule has 1 atom stereocenters. The predicted molar refractivity (Wildman–Crippen MR) is 71.7 cm³/mol. The summed E-state index contributed by atoms with van der Waals surface area (Å²) in [4.78, 5) is 27.4. The van der Waals surface area contributed by atoms with Crippen LogP contribution < -0.4 is 0 Å². The molecule has 0 aromatic heterocycles. The average Bonchev–Trinajstić information content (AvgIpc) is 3.00. The Morgan fingerprint density at radius 2 is 1.84 bits per heavy atom. The highest BCUT2D eigenvalue weighted by molar-refractivity contribution is 6.17. The summed E-state index contributed by atoms with van der Waals surface area (Å²) in [5.41, 5.74) is 1.99. The summed E-state index contributed by atoms with van der Waals surface area (Å²) < 4.78 is 0. The molecule has 0 unspecified atom stereocenters. The van der Waals surface area contributed by atoms with Gasteiger partial charge in [0.05, 0.1) is 6.54 Å². The fourth-order valence-electron chi connectivity index (χ4n) is 2.74. The maximum atomic E-state index is 12.2. The molecule has 2 fully saturated rings. The fourth-order valence-corrected chi connectivity index (χ4v) is 2.92. The van der Waals surface area contributed by atoms with Gasteiger partial charge >= 0.3 is 6.03 Å². The first-order chi connectivity index (χ1) is 9.20. The Labute approximate surface area is 116 Å². The molecule has 4 nitrogen and oxygen atoms in total. The van der Waals surface area contributed by atoms with E-state index in [1.165, 1.54) is 4.90 Å². The third kappa shape index (κ3) is 2.10. The molecular weight excluding hydrogens is 264 g/mol. The number of hydrogen-bond donors (Lipinski definition) is 0. The number of imide groups is 1. The molecule has 3 amide bonds. The van der Waals surface area contributed by atoms with Crippen molar-refractivity contribution in [3.05, 3.63) is 35.4 Å². The van der Waals surface area contributed by atoms with Crippen LogP contribution in [-0.4, -0.2) is 34.3 Å². The van der Waals surface area contributed by atoms with Gasteiger partial charge in [-0.2, -0.15) is 0 Å². The molecule has 0 saturated carbocycles. The second kappa shape index (κ2) is 4.85. The predicted octanol–water partition coefficient (Wildman–Crippen LogP) is 2.35. The summed E-state index contributed by atoms with van der Waals surface area (Å²) in [7, 11) is 0. The molecule has 2 saturated heterocycles. The summed E-state index contributed by atoms with van der Waals surface area (Å²) in [5, 5.41) is 0. The van der Waals surface area contributed by atoms with Crippen LogP contribution in [0.5, 0.6) is 0 Å². The Hall–Kier alpha value is -1.55. The van der Waals surface area contributed by atoms with E-state index in [9.17, 15) is 9.59 Å². The molecule has 19 heavy (non-hydrogen) atoms. The fraction of sp³-hybridized carbons (Fsp3) is 0.429. The lowest BCUT2D eigenvalue weighted by Crippen LogP contribution is -2.32. The van der Waals surface area contributed by atoms with Crippen LogP contribution >= 0.6 is 11.6 Å². The molecule has 3 rings (SSSR count). The van der Waals surface area contributed by atoms with E-state index in [4.69, 9.17) is 11.6 Å². The van der Waals surface area contributed by atoms with Gasteiger partial charge in [0, 0.05) is 12.4 Å². The third-order valence-electron chi connectivity index (χ3n) is 3.80. The van der Waals surface area contributed by atoms with Crippen LogP contribution in [0.25, 0.3) is 0 Å². The zero-order valence-electron chi connectivity index (χ0n) is 10.5. The number of fused-ring (bicyclic) bond motifs is 1. The van der Waals surface area contributed by atoms with Crippen molar-refractivity contribution in [2.45, 2.75) is 31.3 Å². The smallest absolute Gasteiger partial charge is 0.312 e. The van der Waals surface area contributed by atoms with Gasteiger partial charge in [-0.25, -0.2) is 4.79 Å². The van der Waals surface area contributed by atoms with Crippen molar-refractivity contribution in [1.29, 1.82) is 0 Å². The van der Waals surface area contributed by atoms with Crippen LogP contribution in [0.3, 0.4) is 0 Å². The number of nitrogens with zero attached hydrogens (tertiary/aromatic N) is 2. The minimum atomic E-state index is -0.213. The van der Waals surface area contributed by atoms with Gasteiger partial charge in [-0.3, -0.25) is 9.69 Å². The summed E-state index contributed by atoms with van der Waals surface area (Å²) in [6.07, 6.45) is 1.73. The van der Waals surface area contributed by atoms with E-state index in [-0.39, 0.29) is 18.0 Å². The first-order valence-corrected chi connectivity index (χ1v) is 7.00. The van der Waals surface area contributed by atoms with Crippen molar-refractivity contribution in [3.8, 4) is 0 Å². The molecule has 2 aliphatic rings. The first-order valence-electron chi connectivity index (χ1n) is 6.46. The second-order valence-electron chi connectivity index (χ2n) is 5.01. The van der Waals surface area contributed by atoms with Crippen LogP contribution in [0.1, 0.15) is 24.0 Å². The SMILES string of the molecule is O=C1[C@H]2CCCN2C(=O)N1Cc1ccc(CCl)cc1. The van der Waals surface area contributed by atoms with Crippen molar-refractivity contribution >= 4 is 23.5 Å². The molecular formula is C14H15ClN2O2. The molecule has 0 radical (unpaired) electrons.